The number of aromatic hydroxyl groups is 3. The Kier molecular flexibility index (Phi) is 3.98. The quantitative estimate of drug-likeness (QED) is 0.597. The van der Waals surface area contributed by atoms with Crippen LogP contribution >= 0.6 is 0 Å². The van der Waals surface area contributed by atoms with Crippen molar-refractivity contribution in [2.45, 2.75) is 13.8 Å². The summed E-state index contributed by atoms with van der Waals surface area (Å²) >= 11 is 0. The second-order valence-electron chi connectivity index (χ2n) is 4.90. The largest absolute Gasteiger partial charge is 0.508 e. The zero-order chi connectivity index (χ0) is 15.6. The van der Waals surface area contributed by atoms with Crippen LogP contribution in [0.2, 0.25) is 0 Å². The molecule has 2 aromatic carbocycles. The number of carbonyl (C=O) groups is 1. The third-order valence-electron chi connectivity index (χ3n) is 3.29. The van der Waals surface area contributed by atoms with E-state index in [1.165, 1.54) is 6.08 Å². The Morgan fingerprint density at radius 3 is 2.14 bits per heavy atom. The predicted octanol–water partition coefficient (Wildman–Crippen LogP) is 3.32. The Morgan fingerprint density at radius 1 is 0.952 bits per heavy atom. The first kappa shape index (κ1) is 14.7. The summed E-state index contributed by atoms with van der Waals surface area (Å²) in [6, 6.07) is 7.79. The summed E-state index contributed by atoms with van der Waals surface area (Å²) < 4.78 is 0. The van der Waals surface area contributed by atoms with E-state index in [0.717, 1.165) is 28.8 Å². The van der Waals surface area contributed by atoms with Gasteiger partial charge in [0.25, 0.3) is 0 Å². The minimum absolute atomic E-state index is 0.229. The van der Waals surface area contributed by atoms with Gasteiger partial charge in [-0.2, -0.15) is 0 Å². The van der Waals surface area contributed by atoms with E-state index in [2.05, 4.69) is 0 Å². The molecule has 4 nitrogen and oxygen atoms in total. The van der Waals surface area contributed by atoms with Gasteiger partial charge in [-0.25, -0.2) is 0 Å². The molecule has 0 aromatic heterocycles. The minimum Gasteiger partial charge on any atom is -0.508 e. The summed E-state index contributed by atoms with van der Waals surface area (Å²) in [5.41, 5.74) is 2.89. The molecule has 2 aromatic rings. The molecular weight excluding hydrogens is 268 g/mol. The van der Waals surface area contributed by atoms with Crippen molar-refractivity contribution < 1.29 is 20.1 Å². The van der Waals surface area contributed by atoms with Crippen LogP contribution in [0.4, 0.5) is 0 Å². The number of benzene rings is 2. The highest BCUT2D eigenvalue weighted by molar-refractivity contribution is 6.10. The van der Waals surface area contributed by atoms with Crippen molar-refractivity contribution in [3.8, 4) is 17.2 Å². The molecule has 0 heterocycles. The average molecular weight is 284 g/mol. The van der Waals surface area contributed by atoms with Crippen molar-refractivity contribution in [3.05, 3.63) is 58.7 Å². The fourth-order valence-electron chi connectivity index (χ4n) is 1.97. The summed E-state index contributed by atoms with van der Waals surface area (Å²) in [6.07, 6.45) is 2.89. The minimum atomic E-state index is -0.539. The molecule has 0 fully saturated rings. The molecule has 4 heteroatoms. The SMILES string of the molecule is Cc1ccc(/C=C/C(=O)c2c(O)cc(O)cc2O)cc1C. The Labute approximate surface area is 122 Å². The van der Waals surface area contributed by atoms with Crippen molar-refractivity contribution in [3.63, 3.8) is 0 Å². The molecule has 0 aliphatic rings. The lowest BCUT2D eigenvalue weighted by Crippen LogP contribution is -1.95. The van der Waals surface area contributed by atoms with E-state index in [4.69, 9.17) is 0 Å². The van der Waals surface area contributed by atoms with E-state index in [0.29, 0.717) is 0 Å². The molecule has 0 aliphatic heterocycles. The Balaban J connectivity index is 2.29. The van der Waals surface area contributed by atoms with Crippen LogP contribution in [-0.4, -0.2) is 21.1 Å². The van der Waals surface area contributed by atoms with E-state index in [-0.39, 0.29) is 11.3 Å². The van der Waals surface area contributed by atoms with Gasteiger partial charge in [0.2, 0.25) is 0 Å². The molecule has 3 N–H and O–H groups in total. The van der Waals surface area contributed by atoms with Gasteiger partial charge in [0.05, 0.1) is 0 Å². The molecule has 0 aliphatic carbocycles. The van der Waals surface area contributed by atoms with E-state index >= 15 is 0 Å². The van der Waals surface area contributed by atoms with Crippen molar-refractivity contribution in [1.82, 2.24) is 0 Å². The molecule has 0 spiro atoms. The number of hydrogen-bond acceptors (Lipinski definition) is 4. The lowest BCUT2D eigenvalue weighted by atomic mass is 10.0. The maximum atomic E-state index is 12.0. The molecular formula is C17H16O4. The summed E-state index contributed by atoms with van der Waals surface area (Å²) in [5.74, 6) is -1.76. The standard InChI is InChI=1S/C17H16O4/c1-10-3-4-12(7-11(10)2)5-6-14(19)17-15(20)8-13(18)9-16(17)21/h3-9,18,20-21H,1-2H3/b6-5+. The van der Waals surface area contributed by atoms with E-state index in [1.807, 2.05) is 32.0 Å². The van der Waals surface area contributed by atoms with Crippen LogP contribution in [0.5, 0.6) is 17.2 Å². The lowest BCUT2D eigenvalue weighted by molar-refractivity contribution is 0.104. The van der Waals surface area contributed by atoms with Crippen molar-refractivity contribution in [2.24, 2.45) is 0 Å². The molecule has 0 saturated heterocycles. The van der Waals surface area contributed by atoms with Gasteiger partial charge in [0.1, 0.15) is 22.8 Å². The van der Waals surface area contributed by atoms with Gasteiger partial charge < -0.3 is 15.3 Å². The molecule has 21 heavy (non-hydrogen) atoms. The maximum Gasteiger partial charge on any atom is 0.193 e. The molecule has 0 atom stereocenters. The highest BCUT2D eigenvalue weighted by atomic mass is 16.3. The molecule has 0 amide bonds. The van der Waals surface area contributed by atoms with Crippen molar-refractivity contribution >= 4 is 11.9 Å². The van der Waals surface area contributed by atoms with Crippen LogP contribution in [-0.2, 0) is 0 Å². The van der Waals surface area contributed by atoms with Crippen LogP contribution in [0.25, 0.3) is 6.08 Å². The van der Waals surface area contributed by atoms with Gasteiger partial charge in [-0.1, -0.05) is 24.3 Å². The molecule has 108 valence electrons. The number of hydrogen-bond donors (Lipinski definition) is 3. The first-order valence-corrected chi connectivity index (χ1v) is 6.43. The van der Waals surface area contributed by atoms with Crippen molar-refractivity contribution in [2.75, 3.05) is 0 Å². The zero-order valence-electron chi connectivity index (χ0n) is 11.8. The number of carbonyl (C=O) groups excluding carboxylic acids is 1. The van der Waals surface area contributed by atoms with Gasteiger partial charge in [-0.15, -0.1) is 0 Å². The maximum absolute atomic E-state index is 12.0. The first-order valence-electron chi connectivity index (χ1n) is 6.43. The number of phenols is 3. The monoisotopic (exact) mass is 284 g/mol. The fourth-order valence-corrected chi connectivity index (χ4v) is 1.97. The third kappa shape index (κ3) is 3.23. The smallest absolute Gasteiger partial charge is 0.193 e. The van der Waals surface area contributed by atoms with Crippen LogP contribution in [0.1, 0.15) is 27.0 Å². The molecule has 0 bridgehead atoms. The number of ketones is 1. The second kappa shape index (κ2) is 5.71. The van der Waals surface area contributed by atoms with Crippen LogP contribution in [0.3, 0.4) is 0 Å². The van der Waals surface area contributed by atoms with Gasteiger partial charge >= 0.3 is 0 Å². The molecule has 0 unspecified atom stereocenters. The lowest BCUT2D eigenvalue weighted by Gasteiger charge is -2.05. The fraction of sp³-hybridized carbons (Fsp3) is 0.118. The third-order valence-corrected chi connectivity index (χ3v) is 3.29. The Morgan fingerprint density at radius 2 is 1.57 bits per heavy atom. The summed E-state index contributed by atoms with van der Waals surface area (Å²) in [6.45, 7) is 3.98. The number of allylic oxidation sites excluding steroid dienone is 1. The van der Waals surface area contributed by atoms with Crippen molar-refractivity contribution in [1.29, 1.82) is 0 Å². The Hall–Kier alpha value is -2.75. The average Bonchev–Trinajstić information content (AvgIpc) is 2.39. The number of phenolic OH excluding ortho intramolecular Hbond substituents is 3. The Bertz CT molecular complexity index is 707. The molecule has 2 rings (SSSR count). The van der Waals surface area contributed by atoms with E-state index < -0.39 is 17.3 Å². The number of aryl methyl sites for hydroxylation is 2. The topological polar surface area (TPSA) is 77.8 Å². The van der Waals surface area contributed by atoms with E-state index in [1.54, 1.807) is 6.08 Å². The number of rotatable bonds is 3. The normalized spacial score (nSPS) is 11.0. The summed E-state index contributed by atoms with van der Waals surface area (Å²) in [4.78, 5) is 12.0. The summed E-state index contributed by atoms with van der Waals surface area (Å²) in [5, 5.41) is 28.5. The van der Waals surface area contributed by atoms with Gasteiger partial charge in [-0.3, -0.25) is 4.79 Å². The van der Waals surface area contributed by atoms with Crippen LogP contribution in [0.15, 0.2) is 36.4 Å². The highest BCUT2D eigenvalue weighted by Gasteiger charge is 2.15. The van der Waals surface area contributed by atoms with Crippen LogP contribution in [0, 0.1) is 13.8 Å². The molecule has 0 radical (unpaired) electrons. The second-order valence-corrected chi connectivity index (χ2v) is 4.90. The zero-order valence-corrected chi connectivity index (χ0v) is 11.8. The van der Waals surface area contributed by atoms with Crippen LogP contribution < -0.4 is 0 Å². The molecule has 0 saturated carbocycles. The van der Waals surface area contributed by atoms with Gasteiger partial charge in [-0.05, 0) is 36.6 Å². The predicted molar refractivity (Wildman–Crippen MR) is 80.7 cm³/mol. The van der Waals surface area contributed by atoms with E-state index in [9.17, 15) is 20.1 Å². The van der Waals surface area contributed by atoms with Gasteiger partial charge in [0, 0.05) is 12.1 Å². The highest BCUT2D eigenvalue weighted by Crippen LogP contribution is 2.32. The van der Waals surface area contributed by atoms with Gasteiger partial charge in [0.15, 0.2) is 5.78 Å². The summed E-state index contributed by atoms with van der Waals surface area (Å²) in [7, 11) is 0. The first-order chi connectivity index (χ1) is 9.88.